The van der Waals surface area contributed by atoms with Gasteiger partial charge in [0.15, 0.2) is 18.1 Å². The smallest absolute Gasteiger partial charge is 0.330 e. The molecule has 0 radical (unpaired) electrons. The molecule has 4 fully saturated rings. The number of carbonyl (C=O) groups is 2. The van der Waals surface area contributed by atoms with Gasteiger partial charge in [0.05, 0.1) is 13.2 Å². The highest BCUT2D eigenvalue weighted by Crippen LogP contribution is 2.46. The van der Waals surface area contributed by atoms with Gasteiger partial charge in [-0.2, -0.15) is 0 Å². The first kappa shape index (κ1) is 16.5. The van der Waals surface area contributed by atoms with Crippen LogP contribution in [0.25, 0.3) is 0 Å². The van der Waals surface area contributed by atoms with Crippen molar-refractivity contribution in [1.29, 1.82) is 0 Å². The molecule has 0 spiro atoms. The van der Waals surface area contributed by atoms with Gasteiger partial charge in [-0.15, -0.1) is 0 Å². The Hall–Kier alpha value is -0.980. The van der Waals surface area contributed by atoms with E-state index in [9.17, 15) is 9.59 Å². The molecule has 0 aromatic rings. The zero-order chi connectivity index (χ0) is 16.7. The molecule has 1 aliphatic carbocycles. The summed E-state index contributed by atoms with van der Waals surface area (Å²) in [4.78, 5) is 26.9. The number of esters is 1. The van der Waals surface area contributed by atoms with E-state index >= 15 is 0 Å². The van der Waals surface area contributed by atoms with Gasteiger partial charge < -0.3 is 14.2 Å². The van der Waals surface area contributed by atoms with Gasteiger partial charge in [-0.25, -0.2) is 4.79 Å². The number of ether oxygens (including phenoxy) is 3. The molecule has 3 saturated heterocycles. The summed E-state index contributed by atoms with van der Waals surface area (Å²) in [6, 6.07) is -0.204. The summed E-state index contributed by atoms with van der Waals surface area (Å²) in [5.74, 6) is -0.329. The summed E-state index contributed by atoms with van der Waals surface area (Å²) in [6.45, 7) is 0.788. The van der Waals surface area contributed by atoms with Gasteiger partial charge in [-0.3, -0.25) is 9.69 Å². The fourth-order valence-electron chi connectivity index (χ4n) is 5.01. The van der Waals surface area contributed by atoms with Crippen molar-refractivity contribution in [3.05, 3.63) is 0 Å². The lowest BCUT2D eigenvalue weighted by atomic mass is 9.84. The average molecular weight is 337 g/mol. The fourth-order valence-corrected chi connectivity index (χ4v) is 5.01. The Labute approximate surface area is 142 Å². The lowest BCUT2D eigenvalue weighted by Crippen LogP contribution is -2.59. The topological polar surface area (TPSA) is 65.1 Å². The second kappa shape index (κ2) is 6.73. The van der Waals surface area contributed by atoms with E-state index in [0.29, 0.717) is 0 Å². The standard InChI is InChI=1S/C18H27NO5/c1-22-18(21)16-17(20)13-6-4-5-12(9-11-10-14(13)19(11)16)24-15-7-2-3-8-23-15/h11-16H,2-10H2,1H3. The van der Waals surface area contributed by atoms with Crippen molar-refractivity contribution < 1.29 is 23.8 Å². The van der Waals surface area contributed by atoms with Crippen LogP contribution in [0.5, 0.6) is 0 Å². The molecule has 0 amide bonds. The first-order valence-corrected chi connectivity index (χ1v) is 9.35. The van der Waals surface area contributed by atoms with Crippen LogP contribution in [0, 0.1) is 5.92 Å². The summed E-state index contributed by atoms with van der Waals surface area (Å²) in [5.41, 5.74) is 0. The molecule has 134 valence electrons. The number of fused-ring (bicyclic) bond motifs is 2. The van der Waals surface area contributed by atoms with Crippen molar-refractivity contribution >= 4 is 11.8 Å². The molecular weight excluding hydrogens is 310 g/mol. The average Bonchev–Trinajstić information content (AvgIpc) is 2.88. The van der Waals surface area contributed by atoms with Crippen LogP contribution in [0.3, 0.4) is 0 Å². The maximum absolute atomic E-state index is 12.6. The second-order valence-electron chi connectivity index (χ2n) is 7.56. The molecule has 6 heteroatoms. The third kappa shape index (κ3) is 2.78. The highest BCUT2D eigenvalue weighted by Gasteiger charge is 2.60. The van der Waals surface area contributed by atoms with Crippen LogP contribution < -0.4 is 0 Å². The number of nitrogens with zero attached hydrogens (tertiary/aromatic N) is 1. The molecular formula is C18H27NO5. The van der Waals surface area contributed by atoms with Gasteiger partial charge in [0, 0.05) is 24.6 Å². The largest absolute Gasteiger partial charge is 0.468 e. The highest BCUT2D eigenvalue weighted by atomic mass is 16.7. The first-order valence-electron chi connectivity index (χ1n) is 9.35. The number of rotatable bonds is 3. The van der Waals surface area contributed by atoms with Gasteiger partial charge >= 0.3 is 5.97 Å². The van der Waals surface area contributed by atoms with E-state index in [4.69, 9.17) is 14.2 Å². The number of hydrogen-bond acceptors (Lipinski definition) is 6. The van der Waals surface area contributed by atoms with Crippen LogP contribution >= 0.6 is 0 Å². The molecule has 6 atom stereocenters. The van der Waals surface area contributed by atoms with Crippen molar-refractivity contribution in [3.63, 3.8) is 0 Å². The molecule has 4 aliphatic rings. The van der Waals surface area contributed by atoms with Gasteiger partial charge in [-0.1, -0.05) is 6.42 Å². The molecule has 2 bridgehead atoms. The second-order valence-corrected chi connectivity index (χ2v) is 7.56. The van der Waals surface area contributed by atoms with Crippen LogP contribution in [-0.2, 0) is 23.8 Å². The minimum absolute atomic E-state index is 0.00460. The minimum Gasteiger partial charge on any atom is -0.468 e. The fraction of sp³-hybridized carbons (Fsp3) is 0.889. The monoisotopic (exact) mass is 337 g/mol. The molecule has 24 heavy (non-hydrogen) atoms. The SMILES string of the molecule is COC(=O)C1C(=O)C2CCCC(OC3CCCCO3)CC3CC2N31. The third-order valence-electron chi connectivity index (χ3n) is 6.20. The number of carbonyl (C=O) groups excluding carboxylic acids is 2. The summed E-state index contributed by atoms with van der Waals surface area (Å²) >= 11 is 0. The van der Waals surface area contributed by atoms with Crippen LogP contribution in [0.4, 0.5) is 0 Å². The van der Waals surface area contributed by atoms with E-state index in [1.807, 2.05) is 0 Å². The lowest BCUT2D eigenvalue weighted by Gasteiger charge is -2.47. The van der Waals surface area contributed by atoms with Crippen molar-refractivity contribution in [1.82, 2.24) is 4.90 Å². The van der Waals surface area contributed by atoms with E-state index < -0.39 is 12.0 Å². The molecule has 6 unspecified atom stereocenters. The van der Waals surface area contributed by atoms with Crippen molar-refractivity contribution in [2.75, 3.05) is 13.7 Å². The number of Topliss-reactive ketones (excluding diaryl/α,β-unsaturated/α-hetero) is 1. The predicted molar refractivity (Wildman–Crippen MR) is 85.3 cm³/mol. The van der Waals surface area contributed by atoms with E-state index in [-0.39, 0.29) is 36.2 Å². The summed E-state index contributed by atoms with van der Waals surface area (Å²) < 4.78 is 16.8. The maximum Gasteiger partial charge on any atom is 0.330 e. The number of hydrogen-bond donors (Lipinski definition) is 0. The predicted octanol–water partition coefficient (Wildman–Crippen LogP) is 1.66. The Morgan fingerprint density at radius 2 is 2.04 bits per heavy atom. The normalized spacial score (nSPS) is 42.6. The number of ketones is 1. The van der Waals surface area contributed by atoms with Crippen LogP contribution in [0.1, 0.15) is 51.4 Å². The molecule has 0 N–H and O–H groups in total. The first-order chi connectivity index (χ1) is 11.7. The van der Waals surface area contributed by atoms with Gasteiger partial charge in [0.2, 0.25) is 0 Å². The molecule has 0 aromatic heterocycles. The minimum atomic E-state index is -0.687. The summed E-state index contributed by atoms with van der Waals surface area (Å²) in [6.07, 6.45) is 8.01. The van der Waals surface area contributed by atoms with Crippen LogP contribution in [0.15, 0.2) is 0 Å². The van der Waals surface area contributed by atoms with Crippen LogP contribution in [-0.4, -0.2) is 60.9 Å². The summed E-state index contributed by atoms with van der Waals surface area (Å²) in [7, 11) is 1.37. The third-order valence-corrected chi connectivity index (χ3v) is 6.20. The molecule has 1 saturated carbocycles. The molecule has 6 nitrogen and oxygen atoms in total. The van der Waals surface area contributed by atoms with Crippen LogP contribution in [0.2, 0.25) is 0 Å². The zero-order valence-corrected chi connectivity index (χ0v) is 14.3. The number of methoxy groups -OCH3 is 1. The van der Waals surface area contributed by atoms with Crippen molar-refractivity contribution in [3.8, 4) is 0 Å². The van der Waals surface area contributed by atoms with Gasteiger partial charge in [0.1, 0.15) is 0 Å². The Morgan fingerprint density at radius 3 is 2.79 bits per heavy atom. The Bertz CT molecular complexity index is 504. The van der Waals surface area contributed by atoms with Gasteiger partial charge in [-0.05, 0) is 44.9 Å². The van der Waals surface area contributed by atoms with E-state index in [2.05, 4.69) is 4.90 Å². The summed E-state index contributed by atoms with van der Waals surface area (Å²) in [5, 5.41) is 0. The highest BCUT2D eigenvalue weighted by molar-refractivity contribution is 6.06. The molecule has 0 aromatic carbocycles. The van der Waals surface area contributed by atoms with Crippen molar-refractivity contribution in [2.45, 2.75) is 81.9 Å². The Morgan fingerprint density at radius 1 is 1.17 bits per heavy atom. The Balaban J connectivity index is 1.46. The van der Waals surface area contributed by atoms with Crippen molar-refractivity contribution in [2.24, 2.45) is 5.92 Å². The van der Waals surface area contributed by atoms with E-state index in [1.54, 1.807) is 0 Å². The quantitative estimate of drug-likeness (QED) is 0.576. The Kier molecular flexibility index (Phi) is 4.62. The zero-order valence-electron chi connectivity index (χ0n) is 14.3. The van der Waals surface area contributed by atoms with E-state index in [0.717, 1.165) is 58.0 Å². The van der Waals surface area contributed by atoms with Gasteiger partial charge in [0.25, 0.3) is 0 Å². The lowest BCUT2D eigenvalue weighted by molar-refractivity contribution is -0.196. The van der Waals surface area contributed by atoms with E-state index in [1.165, 1.54) is 7.11 Å². The molecule has 3 heterocycles. The molecule has 4 rings (SSSR count). The molecule has 3 aliphatic heterocycles. The maximum atomic E-state index is 12.6.